The van der Waals surface area contributed by atoms with Crippen LogP contribution in [0.5, 0.6) is 11.5 Å². The minimum Gasteiger partial charge on any atom is -0.618 e. The van der Waals surface area contributed by atoms with Gasteiger partial charge in [0.15, 0.2) is 17.7 Å². The topological polar surface area (TPSA) is 128 Å². The molecule has 0 spiro atoms. The number of nitrogens with zero attached hydrogens (tertiary/aromatic N) is 2. The fraction of sp³-hybridized carbons (Fsp3) is 0.0769. The summed E-state index contributed by atoms with van der Waals surface area (Å²) in [5, 5.41) is 40.8. The van der Waals surface area contributed by atoms with E-state index in [1.165, 1.54) is 0 Å². The van der Waals surface area contributed by atoms with Crippen molar-refractivity contribution in [1.29, 1.82) is 0 Å². The summed E-state index contributed by atoms with van der Waals surface area (Å²) in [6.07, 6.45) is -4.56. The third kappa shape index (κ3) is 3.04. The van der Waals surface area contributed by atoms with Crippen LogP contribution >= 0.6 is 0 Å². The quantitative estimate of drug-likeness (QED) is 0.219. The predicted octanol–water partition coefficient (Wildman–Crippen LogP) is 1.89. The Morgan fingerprint density at radius 1 is 1.17 bits per heavy atom. The van der Waals surface area contributed by atoms with Crippen molar-refractivity contribution in [2.75, 3.05) is 0 Å². The largest absolute Gasteiger partial charge is 0.618 e. The lowest BCUT2D eigenvalue weighted by Crippen LogP contribution is -2.37. The molecule has 1 aromatic carbocycles. The fourth-order valence-corrected chi connectivity index (χ4v) is 1.88. The van der Waals surface area contributed by atoms with Crippen LogP contribution in [0.4, 0.5) is 18.9 Å². The molecule has 0 fully saturated rings. The van der Waals surface area contributed by atoms with Gasteiger partial charge in [0.2, 0.25) is 5.75 Å². The van der Waals surface area contributed by atoms with Crippen molar-refractivity contribution < 1.29 is 37.8 Å². The fourth-order valence-electron chi connectivity index (χ4n) is 1.88. The smallest absolute Gasteiger partial charge is 0.478 e. The van der Waals surface area contributed by atoms with Crippen LogP contribution in [0.3, 0.4) is 0 Å². The summed E-state index contributed by atoms with van der Waals surface area (Å²) >= 11 is 0. The number of aromatic nitrogens is 1. The number of benzene rings is 1. The van der Waals surface area contributed by atoms with E-state index in [9.17, 15) is 43.5 Å². The summed E-state index contributed by atoms with van der Waals surface area (Å²) in [5.74, 6) is -3.08. The molecule has 0 unspecified atom stereocenters. The molecule has 11 heteroatoms. The average Bonchev–Trinajstić information content (AvgIpc) is 2.47. The number of phenolic OH excluding ortho intramolecular Hbond substituents is 2. The number of carbonyl (C=O) groups is 1. The van der Waals surface area contributed by atoms with E-state index < -0.39 is 55.6 Å². The van der Waals surface area contributed by atoms with E-state index in [4.69, 9.17) is 0 Å². The minimum absolute atomic E-state index is 0.362. The van der Waals surface area contributed by atoms with Gasteiger partial charge in [-0.25, -0.2) is 0 Å². The van der Waals surface area contributed by atoms with Crippen molar-refractivity contribution in [3.8, 4) is 11.5 Å². The number of nitro benzene ring substituents is 1. The van der Waals surface area contributed by atoms with Crippen LogP contribution in [-0.4, -0.2) is 20.9 Å². The predicted molar refractivity (Wildman–Crippen MR) is 70.3 cm³/mol. The maximum absolute atomic E-state index is 12.5. The molecule has 1 heterocycles. The Morgan fingerprint density at radius 2 is 1.79 bits per heavy atom. The number of carbonyl (C=O) groups excluding carboxylic acids is 1. The molecule has 0 aliphatic rings. The Kier molecular flexibility index (Phi) is 4.02. The Bertz CT molecular complexity index is 850. The number of hydrogen-bond acceptors (Lipinski definition) is 6. The molecule has 2 N–H and O–H groups in total. The Balaban J connectivity index is 2.50. The summed E-state index contributed by atoms with van der Waals surface area (Å²) in [7, 11) is 0. The van der Waals surface area contributed by atoms with E-state index in [2.05, 4.69) is 0 Å². The molecule has 126 valence electrons. The summed E-state index contributed by atoms with van der Waals surface area (Å²) in [5.41, 5.74) is -3.49. The first-order valence-electron chi connectivity index (χ1n) is 6.08. The molecule has 0 bridgehead atoms. The molecule has 0 radical (unpaired) electrons. The molecular formula is C13H7F3N2O6. The molecule has 0 aliphatic carbocycles. The van der Waals surface area contributed by atoms with Gasteiger partial charge in [0.1, 0.15) is 0 Å². The maximum atomic E-state index is 12.5. The zero-order valence-corrected chi connectivity index (χ0v) is 11.4. The lowest BCUT2D eigenvalue weighted by atomic mass is 10.0. The number of nitro groups is 1. The number of halogens is 3. The van der Waals surface area contributed by atoms with Crippen LogP contribution in [0.1, 0.15) is 21.6 Å². The van der Waals surface area contributed by atoms with Crippen LogP contribution < -0.4 is 4.73 Å². The number of rotatable bonds is 3. The van der Waals surface area contributed by atoms with Crippen molar-refractivity contribution >= 4 is 11.5 Å². The summed E-state index contributed by atoms with van der Waals surface area (Å²) in [6.45, 7) is 0. The molecule has 0 atom stereocenters. The van der Waals surface area contributed by atoms with E-state index >= 15 is 0 Å². The number of phenols is 2. The van der Waals surface area contributed by atoms with E-state index in [-0.39, 0.29) is 0 Å². The Hall–Kier alpha value is -3.37. The summed E-state index contributed by atoms with van der Waals surface area (Å²) < 4.78 is 37.0. The average molecular weight is 344 g/mol. The third-order valence-corrected chi connectivity index (χ3v) is 3.00. The van der Waals surface area contributed by atoms with Gasteiger partial charge in [0.25, 0.3) is 5.69 Å². The van der Waals surface area contributed by atoms with Crippen molar-refractivity contribution in [1.82, 2.24) is 0 Å². The number of pyridine rings is 1. The number of ketones is 1. The van der Waals surface area contributed by atoms with Gasteiger partial charge in [-0.05, 0) is 12.1 Å². The van der Waals surface area contributed by atoms with Gasteiger partial charge >= 0.3 is 11.9 Å². The van der Waals surface area contributed by atoms with Crippen LogP contribution in [0, 0.1) is 15.3 Å². The highest BCUT2D eigenvalue weighted by molar-refractivity contribution is 6.09. The van der Waals surface area contributed by atoms with Gasteiger partial charge in [-0.1, -0.05) is 0 Å². The van der Waals surface area contributed by atoms with Gasteiger partial charge in [-0.15, -0.1) is 0 Å². The minimum atomic E-state index is -4.92. The van der Waals surface area contributed by atoms with Gasteiger partial charge in [0, 0.05) is 17.7 Å². The highest BCUT2D eigenvalue weighted by Crippen LogP contribution is 2.36. The maximum Gasteiger partial charge on any atom is 0.478 e. The molecule has 8 nitrogen and oxygen atoms in total. The monoisotopic (exact) mass is 344 g/mol. The summed E-state index contributed by atoms with van der Waals surface area (Å²) in [6, 6.07) is 2.42. The lowest BCUT2D eigenvalue weighted by Gasteiger charge is -2.09. The zero-order valence-electron chi connectivity index (χ0n) is 11.4. The normalized spacial score (nSPS) is 11.3. The highest BCUT2D eigenvalue weighted by Gasteiger charge is 2.40. The van der Waals surface area contributed by atoms with Crippen LogP contribution in [-0.2, 0) is 6.18 Å². The van der Waals surface area contributed by atoms with Crippen molar-refractivity contribution in [3.05, 3.63) is 62.6 Å². The zero-order chi connectivity index (χ0) is 18.2. The molecule has 0 amide bonds. The standard InChI is InChI=1S/C13H7F3N2O6/c14-13(15,16)10-2-1-6(5-17(10)22)11(20)7-3-8(18(23)24)12(21)9(19)4-7/h1-5,19,21H. The first kappa shape index (κ1) is 17.0. The summed E-state index contributed by atoms with van der Waals surface area (Å²) in [4.78, 5) is 21.8. The molecular weight excluding hydrogens is 337 g/mol. The van der Waals surface area contributed by atoms with Crippen LogP contribution in [0.2, 0.25) is 0 Å². The van der Waals surface area contributed by atoms with Crippen LogP contribution in [0.15, 0.2) is 30.5 Å². The van der Waals surface area contributed by atoms with Crippen molar-refractivity contribution in [2.45, 2.75) is 6.18 Å². The van der Waals surface area contributed by atoms with Crippen molar-refractivity contribution in [3.63, 3.8) is 0 Å². The van der Waals surface area contributed by atoms with E-state index in [1.807, 2.05) is 0 Å². The first-order valence-corrected chi connectivity index (χ1v) is 6.08. The first-order chi connectivity index (χ1) is 11.0. The van der Waals surface area contributed by atoms with Gasteiger partial charge < -0.3 is 15.4 Å². The molecule has 0 saturated carbocycles. The number of hydrogen-bond donors (Lipinski definition) is 2. The molecule has 2 rings (SSSR count). The second kappa shape index (κ2) is 5.68. The highest BCUT2D eigenvalue weighted by atomic mass is 19.4. The van der Waals surface area contributed by atoms with Gasteiger partial charge in [-0.2, -0.15) is 17.9 Å². The van der Waals surface area contributed by atoms with Gasteiger partial charge in [0.05, 0.1) is 10.5 Å². The van der Waals surface area contributed by atoms with Crippen LogP contribution in [0.25, 0.3) is 0 Å². The molecule has 0 aliphatic heterocycles. The van der Waals surface area contributed by atoms with Gasteiger partial charge in [-0.3, -0.25) is 14.9 Å². The Labute approximate surface area is 130 Å². The molecule has 0 saturated heterocycles. The molecule has 24 heavy (non-hydrogen) atoms. The lowest BCUT2D eigenvalue weighted by molar-refractivity contribution is -0.629. The van der Waals surface area contributed by atoms with E-state index in [1.54, 1.807) is 0 Å². The number of alkyl halides is 3. The Morgan fingerprint density at radius 3 is 2.29 bits per heavy atom. The SMILES string of the molecule is O=C(c1cc(O)c(O)c([N+](=O)[O-])c1)c1ccc(C(F)(F)F)[n+]([O-])c1. The second-order valence-electron chi connectivity index (χ2n) is 4.58. The molecule has 2 aromatic rings. The second-order valence-corrected chi connectivity index (χ2v) is 4.58. The molecule has 1 aromatic heterocycles. The number of aromatic hydroxyl groups is 2. The van der Waals surface area contributed by atoms with Crippen molar-refractivity contribution in [2.24, 2.45) is 0 Å². The van der Waals surface area contributed by atoms with E-state index in [0.717, 1.165) is 6.07 Å². The third-order valence-electron chi connectivity index (χ3n) is 3.00. The van der Waals surface area contributed by atoms with E-state index in [0.29, 0.717) is 24.4 Å².